The molecule has 10 heteroatoms. The van der Waals surface area contributed by atoms with Crippen molar-refractivity contribution in [1.82, 2.24) is 9.88 Å². The molecule has 0 bridgehead atoms. The van der Waals surface area contributed by atoms with Crippen LogP contribution in [0.1, 0.15) is 15.9 Å². The van der Waals surface area contributed by atoms with Gasteiger partial charge in [0.25, 0.3) is 5.91 Å². The number of hydrogen-bond donors (Lipinski definition) is 0. The summed E-state index contributed by atoms with van der Waals surface area (Å²) in [6.45, 7) is 1.68. The zero-order chi connectivity index (χ0) is 22.2. The number of alkyl halides is 3. The molecule has 31 heavy (non-hydrogen) atoms. The van der Waals surface area contributed by atoms with Gasteiger partial charge in [-0.3, -0.25) is 9.69 Å². The van der Waals surface area contributed by atoms with Crippen LogP contribution in [0.5, 0.6) is 11.5 Å². The maximum absolute atomic E-state index is 13.2. The van der Waals surface area contributed by atoms with Gasteiger partial charge in [0.2, 0.25) is 0 Å². The highest BCUT2D eigenvalue weighted by molar-refractivity contribution is 7.22. The van der Waals surface area contributed by atoms with Gasteiger partial charge in [-0.25, -0.2) is 4.98 Å². The minimum atomic E-state index is -4.53. The fourth-order valence-electron chi connectivity index (χ4n) is 3.14. The van der Waals surface area contributed by atoms with Gasteiger partial charge in [0.15, 0.2) is 16.6 Å². The number of carbonyl (C=O) groups is 1. The van der Waals surface area contributed by atoms with Crippen LogP contribution >= 0.6 is 11.3 Å². The molecule has 0 fully saturated rings. The molecule has 4 rings (SSSR count). The number of thiazole rings is 1. The number of ether oxygens (including phenoxy) is 2. The van der Waals surface area contributed by atoms with Crippen molar-refractivity contribution < 1.29 is 27.4 Å². The second kappa shape index (κ2) is 8.35. The molecule has 164 valence electrons. The number of amides is 1. The molecule has 0 saturated carbocycles. The molecule has 0 radical (unpaired) electrons. The van der Waals surface area contributed by atoms with E-state index in [4.69, 9.17) is 9.47 Å². The first-order valence-electron chi connectivity index (χ1n) is 9.56. The second-order valence-corrected chi connectivity index (χ2v) is 8.31. The minimum Gasteiger partial charge on any atom is -0.486 e. The lowest BCUT2D eigenvalue weighted by atomic mass is 10.1. The topological polar surface area (TPSA) is 54.9 Å². The Morgan fingerprint density at radius 3 is 2.48 bits per heavy atom. The van der Waals surface area contributed by atoms with E-state index >= 15 is 0 Å². The van der Waals surface area contributed by atoms with Crippen molar-refractivity contribution in [3.05, 3.63) is 47.5 Å². The number of hydrogen-bond acceptors (Lipinski definition) is 6. The molecule has 1 aromatic heterocycles. The summed E-state index contributed by atoms with van der Waals surface area (Å²) in [6.07, 6.45) is -4.53. The van der Waals surface area contributed by atoms with E-state index in [1.807, 2.05) is 25.1 Å². The quantitative estimate of drug-likeness (QED) is 0.579. The third-order valence-corrected chi connectivity index (χ3v) is 5.77. The van der Waals surface area contributed by atoms with Crippen LogP contribution in [0.25, 0.3) is 10.2 Å². The van der Waals surface area contributed by atoms with Crippen LogP contribution < -0.4 is 14.4 Å². The molecule has 1 aliphatic heterocycles. The third-order valence-electron chi connectivity index (χ3n) is 4.72. The van der Waals surface area contributed by atoms with Crippen LogP contribution in [0, 0.1) is 0 Å². The molecular weight excluding hydrogens is 431 g/mol. The van der Waals surface area contributed by atoms with Crippen molar-refractivity contribution in [1.29, 1.82) is 0 Å². The molecule has 2 heterocycles. The first kappa shape index (κ1) is 21.4. The van der Waals surface area contributed by atoms with E-state index < -0.39 is 17.6 Å². The Hall–Kier alpha value is -2.85. The fraction of sp³-hybridized carbons (Fsp3) is 0.333. The average Bonchev–Trinajstić information content (AvgIpc) is 3.13. The molecule has 0 saturated heterocycles. The smallest absolute Gasteiger partial charge is 0.416 e. The van der Waals surface area contributed by atoms with Gasteiger partial charge in [0, 0.05) is 30.8 Å². The van der Waals surface area contributed by atoms with Crippen LogP contribution in [-0.2, 0) is 6.18 Å². The highest BCUT2D eigenvalue weighted by Gasteiger charge is 2.32. The summed E-state index contributed by atoms with van der Waals surface area (Å²) >= 11 is 1.28. The van der Waals surface area contributed by atoms with E-state index in [-0.39, 0.29) is 12.1 Å². The van der Waals surface area contributed by atoms with E-state index in [9.17, 15) is 18.0 Å². The number of rotatable bonds is 5. The number of carbonyl (C=O) groups excluding carboxylic acids is 1. The fourth-order valence-corrected chi connectivity index (χ4v) is 4.14. The Balaban J connectivity index is 1.72. The first-order chi connectivity index (χ1) is 14.7. The second-order valence-electron chi connectivity index (χ2n) is 7.30. The summed E-state index contributed by atoms with van der Waals surface area (Å²) in [5.74, 6) is 0.655. The number of nitrogens with zero attached hydrogens (tertiary/aromatic N) is 3. The summed E-state index contributed by atoms with van der Waals surface area (Å²) in [5.41, 5.74) is -0.271. The SMILES string of the molecule is CN(C)CCN(C(=O)c1cccc(C(F)(F)F)c1)c1nc2cc3c(cc2s1)OCCO3. The number of benzene rings is 2. The van der Waals surface area contributed by atoms with Crippen molar-refractivity contribution in [3.8, 4) is 11.5 Å². The largest absolute Gasteiger partial charge is 0.486 e. The highest BCUT2D eigenvalue weighted by Crippen LogP contribution is 2.39. The summed E-state index contributed by atoms with van der Waals surface area (Å²) < 4.78 is 51.4. The third kappa shape index (κ3) is 4.59. The monoisotopic (exact) mass is 451 g/mol. The number of fused-ring (bicyclic) bond motifs is 2. The highest BCUT2D eigenvalue weighted by atomic mass is 32.1. The van der Waals surface area contributed by atoms with Gasteiger partial charge in [0.05, 0.1) is 15.8 Å². The van der Waals surface area contributed by atoms with E-state index in [0.717, 1.165) is 16.8 Å². The van der Waals surface area contributed by atoms with Crippen molar-refractivity contribution in [2.24, 2.45) is 0 Å². The molecule has 1 amide bonds. The van der Waals surface area contributed by atoms with E-state index in [1.54, 1.807) is 6.07 Å². The summed E-state index contributed by atoms with van der Waals surface area (Å²) in [5, 5.41) is 0.404. The predicted octanol–water partition coefficient (Wildman–Crippen LogP) is 4.29. The Morgan fingerprint density at radius 2 is 1.81 bits per heavy atom. The maximum Gasteiger partial charge on any atom is 0.416 e. The Kier molecular flexibility index (Phi) is 5.76. The molecule has 6 nitrogen and oxygen atoms in total. The number of likely N-dealkylation sites (N-methyl/N-ethyl adjacent to an activating group) is 1. The van der Waals surface area contributed by atoms with Gasteiger partial charge in [-0.15, -0.1) is 0 Å². The molecular formula is C21H20F3N3O3S. The molecule has 3 aromatic rings. The van der Waals surface area contributed by atoms with Crippen LogP contribution in [0.15, 0.2) is 36.4 Å². The van der Waals surface area contributed by atoms with Gasteiger partial charge in [0.1, 0.15) is 13.2 Å². The van der Waals surface area contributed by atoms with Gasteiger partial charge in [-0.2, -0.15) is 13.2 Å². The summed E-state index contributed by atoms with van der Waals surface area (Å²) in [7, 11) is 3.71. The normalized spacial score (nSPS) is 13.6. The van der Waals surface area contributed by atoms with Crippen molar-refractivity contribution in [2.45, 2.75) is 6.18 Å². The number of aromatic nitrogens is 1. The lowest BCUT2D eigenvalue weighted by Gasteiger charge is -2.22. The van der Waals surface area contributed by atoms with Gasteiger partial charge < -0.3 is 14.4 Å². The van der Waals surface area contributed by atoms with Crippen LogP contribution in [0.2, 0.25) is 0 Å². The van der Waals surface area contributed by atoms with E-state index in [2.05, 4.69) is 4.98 Å². The summed E-state index contributed by atoms with van der Waals surface area (Å²) in [6, 6.07) is 8.00. The van der Waals surface area contributed by atoms with E-state index in [1.165, 1.54) is 28.4 Å². The molecule has 1 aliphatic rings. The van der Waals surface area contributed by atoms with Crippen molar-refractivity contribution in [2.75, 3.05) is 45.3 Å². The molecule has 2 aromatic carbocycles. The Labute approximate surface area is 180 Å². The molecule has 0 unspecified atom stereocenters. The van der Waals surface area contributed by atoms with Gasteiger partial charge in [-0.1, -0.05) is 17.4 Å². The minimum absolute atomic E-state index is 0.0428. The summed E-state index contributed by atoms with van der Waals surface area (Å²) in [4.78, 5) is 21.1. The Bertz CT molecular complexity index is 1070. The zero-order valence-corrected chi connectivity index (χ0v) is 17.7. The zero-order valence-electron chi connectivity index (χ0n) is 16.9. The molecule has 0 atom stereocenters. The molecule has 0 aliphatic carbocycles. The van der Waals surface area contributed by atoms with Crippen LogP contribution in [0.3, 0.4) is 0 Å². The molecule has 0 N–H and O–H groups in total. The van der Waals surface area contributed by atoms with Crippen molar-refractivity contribution in [3.63, 3.8) is 0 Å². The predicted molar refractivity (Wildman–Crippen MR) is 112 cm³/mol. The maximum atomic E-state index is 13.2. The van der Waals surface area contributed by atoms with Crippen molar-refractivity contribution >= 4 is 32.6 Å². The van der Waals surface area contributed by atoms with Crippen LogP contribution in [0.4, 0.5) is 18.3 Å². The van der Waals surface area contributed by atoms with Gasteiger partial charge >= 0.3 is 6.18 Å². The Morgan fingerprint density at radius 1 is 1.10 bits per heavy atom. The lowest BCUT2D eigenvalue weighted by molar-refractivity contribution is -0.137. The number of anilines is 1. The average molecular weight is 451 g/mol. The lowest BCUT2D eigenvalue weighted by Crippen LogP contribution is -2.36. The van der Waals surface area contributed by atoms with E-state index in [0.29, 0.717) is 41.9 Å². The standard InChI is InChI=1S/C21H20F3N3O3S/c1-26(2)6-7-27(19(28)13-4-3-5-14(10-13)21(22,23)24)20-25-15-11-16-17(12-18(15)31-20)30-9-8-29-16/h3-5,10-12H,6-9H2,1-2H3. The first-order valence-corrected chi connectivity index (χ1v) is 10.4. The number of halogens is 3. The van der Waals surface area contributed by atoms with Gasteiger partial charge in [-0.05, 0) is 32.3 Å². The molecule has 0 spiro atoms. The van der Waals surface area contributed by atoms with Crippen LogP contribution in [-0.4, -0.2) is 56.2 Å².